The van der Waals surface area contributed by atoms with E-state index in [4.69, 9.17) is 10.7 Å². The van der Waals surface area contributed by atoms with Crippen molar-refractivity contribution in [2.75, 3.05) is 5.73 Å². The molecule has 4 nitrogen and oxygen atoms in total. The van der Waals surface area contributed by atoms with Gasteiger partial charge in [0.05, 0.1) is 17.4 Å². The van der Waals surface area contributed by atoms with E-state index < -0.39 is 0 Å². The minimum atomic E-state index is -0.00999. The van der Waals surface area contributed by atoms with Crippen molar-refractivity contribution in [2.45, 2.75) is 26.2 Å². The van der Waals surface area contributed by atoms with Crippen LogP contribution in [0.5, 0.6) is 0 Å². The van der Waals surface area contributed by atoms with Crippen LogP contribution < -0.4 is 5.73 Å². The van der Waals surface area contributed by atoms with Crippen molar-refractivity contribution >= 4 is 16.6 Å². The van der Waals surface area contributed by atoms with Crippen LogP contribution in [-0.2, 0) is 5.41 Å². The number of fused-ring (bicyclic) bond motifs is 1. The van der Waals surface area contributed by atoms with Crippen LogP contribution in [-0.4, -0.2) is 15.0 Å². The summed E-state index contributed by atoms with van der Waals surface area (Å²) < 4.78 is 0. The molecule has 21 heavy (non-hydrogen) atoms. The second kappa shape index (κ2) is 4.81. The summed E-state index contributed by atoms with van der Waals surface area (Å²) in [4.78, 5) is 13.1. The van der Waals surface area contributed by atoms with E-state index in [9.17, 15) is 0 Å². The van der Waals surface area contributed by atoms with E-state index in [0.29, 0.717) is 5.69 Å². The van der Waals surface area contributed by atoms with Gasteiger partial charge < -0.3 is 5.73 Å². The average molecular weight is 278 g/mol. The van der Waals surface area contributed by atoms with E-state index in [1.165, 1.54) is 0 Å². The summed E-state index contributed by atoms with van der Waals surface area (Å²) in [7, 11) is 0. The number of nitrogens with two attached hydrogens (primary N) is 1. The zero-order valence-electron chi connectivity index (χ0n) is 12.5. The van der Waals surface area contributed by atoms with Gasteiger partial charge in [0.25, 0.3) is 0 Å². The third kappa shape index (κ3) is 2.44. The van der Waals surface area contributed by atoms with Crippen molar-refractivity contribution < 1.29 is 0 Å². The second-order valence-corrected chi connectivity index (χ2v) is 6.16. The van der Waals surface area contributed by atoms with Gasteiger partial charge in [0, 0.05) is 35.2 Å². The first kappa shape index (κ1) is 13.5. The minimum absolute atomic E-state index is 0.00999. The van der Waals surface area contributed by atoms with Gasteiger partial charge in [-0.3, -0.25) is 9.97 Å². The minimum Gasteiger partial charge on any atom is -0.398 e. The molecule has 106 valence electrons. The monoisotopic (exact) mass is 278 g/mol. The van der Waals surface area contributed by atoms with E-state index in [2.05, 4.69) is 30.7 Å². The number of nitrogen functional groups attached to an aromatic ring is 1. The molecule has 0 unspecified atom stereocenters. The van der Waals surface area contributed by atoms with Crippen LogP contribution >= 0.6 is 0 Å². The van der Waals surface area contributed by atoms with Crippen molar-refractivity contribution in [1.82, 2.24) is 15.0 Å². The molecule has 0 amide bonds. The summed E-state index contributed by atoms with van der Waals surface area (Å²) in [5.41, 5.74) is 10.8. The normalized spacial score (nSPS) is 11.8. The summed E-state index contributed by atoms with van der Waals surface area (Å²) >= 11 is 0. The number of hydrogen-bond acceptors (Lipinski definition) is 4. The summed E-state index contributed by atoms with van der Waals surface area (Å²) in [6.07, 6.45) is 7.16. The highest BCUT2D eigenvalue weighted by atomic mass is 14.8. The standard InChI is InChI=1S/C17H18N4/c1-17(2,3)13-9-19-6-4-11(13)15-8-14(18)12-5-7-20-10-16(12)21-15/h4-10H,1-3H3,(H2,18,21). The molecule has 0 atom stereocenters. The van der Waals surface area contributed by atoms with Gasteiger partial charge in [-0.15, -0.1) is 0 Å². The molecule has 0 bridgehead atoms. The van der Waals surface area contributed by atoms with Crippen LogP contribution in [0.15, 0.2) is 43.0 Å². The van der Waals surface area contributed by atoms with Gasteiger partial charge in [-0.2, -0.15) is 0 Å². The molecule has 2 N–H and O–H groups in total. The number of aromatic nitrogens is 3. The number of nitrogens with zero attached hydrogens (tertiary/aromatic N) is 3. The number of rotatable bonds is 1. The van der Waals surface area contributed by atoms with Gasteiger partial charge in [-0.1, -0.05) is 20.8 Å². The van der Waals surface area contributed by atoms with Crippen LogP contribution in [0.1, 0.15) is 26.3 Å². The van der Waals surface area contributed by atoms with Gasteiger partial charge in [0.1, 0.15) is 0 Å². The van der Waals surface area contributed by atoms with Crippen LogP contribution in [0.4, 0.5) is 5.69 Å². The summed E-state index contributed by atoms with van der Waals surface area (Å²) in [6.45, 7) is 6.50. The molecule has 0 fully saturated rings. The Bertz CT molecular complexity index is 803. The van der Waals surface area contributed by atoms with Crippen LogP contribution in [0.3, 0.4) is 0 Å². The molecule has 0 aliphatic heterocycles. The van der Waals surface area contributed by atoms with E-state index in [0.717, 1.165) is 27.7 Å². The van der Waals surface area contributed by atoms with Crippen molar-refractivity contribution in [3.05, 3.63) is 48.5 Å². The molecule has 3 heterocycles. The molecule has 0 saturated carbocycles. The van der Waals surface area contributed by atoms with Crippen molar-refractivity contribution in [1.29, 1.82) is 0 Å². The first-order chi connectivity index (χ1) is 9.97. The third-order valence-electron chi connectivity index (χ3n) is 3.55. The maximum atomic E-state index is 6.17. The maximum absolute atomic E-state index is 6.17. The lowest BCUT2D eigenvalue weighted by Gasteiger charge is -2.22. The van der Waals surface area contributed by atoms with Gasteiger partial charge >= 0.3 is 0 Å². The predicted octanol–water partition coefficient (Wildman–Crippen LogP) is 3.57. The molecule has 0 saturated heterocycles. The Hall–Kier alpha value is -2.49. The molecule has 0 aromatic carbocycles. The van der Waals surface area contributed by atoms with E-state index in [-0.39, 0.29) is 5.41 Å². The highest BCUT2D eigenvalue weighted by Crippen LogP contribution is 2.33. The Morgan fingerprint density at radius 1 is 1.00 bits per heavy atom. The Balaban J connectivity index is 2.27. The average Bonchev–Trinajstić information content (AvgIpc) is 2.46. The lowest BCUT2D eigenvalue weighted by Crippen LogP contribution is -2.13. The first-order valence-corrected chi connectivity index (χ1v) is 6.92. The SMILES string of the molecule is CC(C)(C)c1cnccc1-c1cc(N)c2ccncc2n1. The Labute approximate surface area is 124 Å². The Kier molecular flexibility index (Phi) is 3.09. The number of hydrogen-bond donors (Lipinski definition) is 1. The van der Waals surface area contributed by atoms with Gasteiger partial charge in [-0.05, 0) is 29.2 Å². The van der Waals surface area contributed by atoms with Crippen molar-refractivity contribution in [3.8, 4) is 11.3 Å². The second-order valence-electron chi connectivity index (χ2n) is 6.16. The van der Waals surface area contributed by atoms with E-state index >= 15 is 0 Å². The molecule has 0 radical (unpaired) electrons. The highest BCUT2D eigenvalue weighted by Gasteiger charge is 2.20. The molecule has 0 spiro atoms. The quantitative estimate of drug-likeness (QED) is 0.739. The third-order valence-corrected chi connectivity index (χ3v) is 3.55. The molecule has 0 aliphatic rings. The smallest absolute Gasteiger partial charge is 0.0913 e. The lowest BCUT2D eigenvalue weighted by molar-refractivity contribution is 0.589. The van der Waals surface area contributed by atoms with E-state index in [1.807, 2.05) is 24.4 Å². The largest absolute Gasteiger partial charge is 0.398 e. The molecule has 0 aliphatic carbocycles. The lowest BCUT2D eigenvalue weighted by atomic mass is 9.84. The zero-order valence-corrected chi connectivity index (χ0v) is 12.5. The summed E-state index contributed by atoms with van der Waals surface area (Å²) in [5, 5.41) is 0.931. The Morgan fingerprint density at radius 3 is 2.48 bits per heavy atom. The zero-order chi connectivity index (χ0) is 15.0. The molecule has 3 aromatic heterocycles. The van der Waals surface area contributed by atoms with Crippen molar-refractivity contribution in [3.63, 3.8) is 0 Å². The van der Waals surface area contributed by atoms with Crippen molar-refractivity contribution in [2.24, 2.45) is 0 Å². The van der Waals surface area contributed by atoms with Gasteiger partial charge in [0.2, 0.25) is 0 Å². The first-order valence-electron chi connectivity index (χ1n) is 6.92. The topological polar surface area (TPSA) is 64.7 Å². The fourth-order valence-electron chi connectivity index (χ4n) is 2.46. The van der Waals surface area contributed by atoms with Crippen LogP contribution in [0, 0.1) is 0 Å². The van der Waals surface area contributed by atoms with Gasteiger partial charge in [-0.25, -0.2) is 4.98 Å². The number of anilines is 1. The maximum Gasteiger partial charge on any atom is 0.0913 e. The Morgan fingerprint density at radius 2 is 1.71 bits per heavy atom. The van der Waals surface area contributed by atoms with Gasteiger partial charge in [0.15, 0.2) is 0 Å². The molecular formula is C17H18N4. The highest BCUT2D eigenvalue weighted by molar-refractivity contribution is 5.92. The number of pyridine rings is 3. The van der Waals surface area contributed by atoms with Crippen LogP contribution in [0.25, 0.3) is 22.2 Å². The van der Waals surface area contributed by atoms with Crippen LogP contribution in [0.2, 0.25) is 0 Å². The summed E-state index contributed by atoms with van der Waals surface area (Å²) in [5.74, 6) is 0. The predicted molar refractivity (Wildman–Crippen MR) is 85.9 cm³/mol. The fraction of sp³-hybridized carbons (Fsp3) is 0.235. The fourth-order valence-corrected chi connectivity index (χ4v) is 2.46. The molecule has 3 rings (SSSR count). The molecular weight excluding hydrogens is 260 g/mol. The van der Waals surface area contributed by atoms with E-state index in [1.54, 1.807) is 18.6 Å². The molecule has 3 aromatic rings. The summed E-state index contributed by atoms with van der Waals surface area (Å²) in [6, 6.07) is 5.80. The molecule has 4 heteroatoms.